The van der Waals surface area contributed by atoms with Gasteiger partial charge >= 0.3 is 0 Å². The number of para-hydroxylation sites is 1. The average Bonchev–Trinajstić information content (AvgIpc) is 3.04. The van der Waals surface area contributed by atoms with E-state index in [2.05, 4.69) is 6.07 Å². The van der Waals surface area contributed by atoms with E-state index in [1.54, 1.807) is 11.7 Å². The molecule has 108 valence electrons. The van der Waals surface area contributed by atoms with Gasteiger partial charge in [0.1, 0.15) is 5.75 Å². The summed E-state index contributed by atoms with van der Waals surface area (Å²) >= 11 is 0. The zero-order valence-electron chi connectivity index (χ0n) is 12.5. The normalized spacial score (nSPS) is 13.8. The quantitative estimate of drug-likeness (QED) is 0.706. The summed E-state index contributed by atoms with van der Waals surface area (Å²) in [5.74, 6) is 0.786. The van der Waals surface area contributed by atoms with Crippen LogP contribution in [0.15, 0.2) is 54.6 Å². The molecule has 3 nitrogen and oxygen atoms in total. The van der Waals surface area contributed by atoms with Gasteiger partial charge in [-0.05, 0) is 42.3 Å². The van der Waals surface area contributed by atoms with E-state index in [0.29, 0.717) is 0 Å². The number of allylic oxidation sites excluding steroid dienone is 2. The highest BCUT2D eigenvalue weighted by atomic mass is 16.5. The maximum atomic E-state index is 12.9. The second kappa shape index (κ2) is 4.60. The van der Waals surface area contributed by atoms with Crippen LogP contribution >= 0.6 is 0 Å². The highest BCUT2D eigenvalue weighted by molar-refractivity contribution is 6.33. The lowest BCUT2D eigenvalue weighted by Crippen LogP contribution is -2.08. The van der Waals surface area contributed by atoms with E-state index in [9.17, 15) is 4.79 Å². The van der Waals surface area contributed by atoms with Gasteiger partial charge in [-0.2, -0.15) is 0 Å². The lowest BCUT2D eigenvalue weighted by Gasteiger charge is -2.06. The molecule has 0 unspecified atom stereocenters. The second-order valence-corrected chi connectivity index (χ2v) is 5.46. The van der Waals surface area contributed by atoms with Gasteiger partial charge in [-0.1, -0.05) is 30.3 Å². The predicted octanol–water partition coefficient (Wildman–Crippen LogP) is 4.23. The fourth-order valence-electron chi connectivity index (χ4n) is 3.17. The largest absolute Gasteiger partial charge is 0.497 e. The molecule has 0 aliphatic carbocycles. The zero-order valence-corrected chi connectivity index (χ0v) is 12.5. The Labute approximate surface area is 128 Å². The van der Waals surface area contributed by atoms with Crippen LogP contribution in [0.2, 0.25) is 0 Å². The highest BCUT2D eigenvalue weighted by Gasteiger charge is 2.29. The minimum absolute atomic E-state index is 0.0296. The summed E-state index contributed by atoms with van der Waals surface area (Å²) in [5, 5.41) is 1.09. The van der Waals surface area contributed by atoms with Crippen molar-refractivity contribution in [2.24, 2.45) is 0 Å². The lowest BCUT2D eigenvalue weighted by molar-refractivity contribution is 0.0989. The summed E-state index contributed by atoms with van der Waals surface area (Å²) in [5.41, 5.74) is 4.59. The first-order valence-corrected chi connectivity index (χ1v) is 7.21. The Bertz CT molecular complexity index is 947. The number of hydrogen-bond acceptors (Lipinski definition) is 2. The van der Waals surface area contributed by atoms with E-state index in [-0.39, 0.29) is 5.91 Å². The number of nitrogens with zero attached hydrogens (tertiary/aromatic N) is 1. The van der Waals surface area contributed by atoms with Gasteiger partial charge in [0.25, 0.3) is 5.91 Å². The van der Waals surface area contributed by atoms with Gasteiger partial charge in [0, 0.05) is 5.39 Å². The molecule has 2 heterocycles. The number of carbonyl (C=O) groups excluding carboxylic acids is 1. The third kappa shape index (κ3) is 1.65. The molecule has 2 aromatic carbocycles. The summed E-state index contributed by atoms with van der Waals surface area (Å²) in [6, 6.07) is 17.7. The maximum absolute atomic E-state index is 12.9. The number of carbonyl (C=O) groups is 1. The molecular weight excluding hydrogens is 274 g/mol. The molecule has 22 heavy (non-hydrogen) atoms. The minimum Gasteiger partial charge on any atom is -0.497 e. The first kappa shape index (κ1) is 12.9. The molecule has 0 saturated carbocycles. The van der Waals surface area contributed by atoms with Crippen LogP contribution in [0.3, 0.4) is 0 Å². The Morgan fingerprint density at radius 3 is 2.64 bits per heavy atom. The van der Waals surface area contributed by atoms with Gasteiger partial charge in [0.2, 0.25) is 0 Å². The standard InChI is InChI=1S/C19H15NO2/c1-12-17-11-13-6-3-4-9-16(13)20(17)19(21)18(12)14-7-5-8-15(10-14)22-2/h3-11H,1-2H3. The topological polar surface area (TPSA) is 31.2 Å². The number of ether oxygens (including phenoxy) is 1. The zero-order chi connectivity index (χ0) is 15.3. The monoisotopic (exact) mass is 289 g/mol. The third-order valence-corrected chi connectivity index (χ3v) is 4.25. The van der Waals surface area contributed by atoms with Crippen molar-refractivity contribution in [3.63, 3.8) is 0 Å². The number of methoxy groups -OCH3 is 1. The van der Waals surface area contributed by atoms with Crippen molar-refractivity contribution in [2.45, 2.75) is 6.92 Å². The Kier molecular flexibility index (Phi) is 2.70. The number of benzene rings is 2. The van der Waals surface area contributed by atoms with Crippen molar-refractivity contribution in [1.29, 1.82) is 0 Å². The SMILES string of the molecule is COc1cccc(C2=C(C)c3cc4ccccc4n3C2=O)c1. The number of rotatable bonds is 2. The van der Waals surface area contributed by atoms with Gasteiger partial charge in [-0.25, -0.2) is 0 Å². The number of fused-ring (bicyclic) bond motifs is 3. The fourth-order valence-corrected chi connectivity index (χ4v) is 3.17. The molecule has 0 radical (unpaired) electrons. The van der Waals surface area contributed by atoms with Crippen LogP contribution in [-0.2, 0) is 0 Å². The van der Waals surface area contributed by atoms with Gasteiger partial charge in [0.15, 0.2) is 0 Å². The lowest BCUT2D eigenvalue weighted by atomic mass is 10.0. The highest BCUT2D eigenvalue weighted by Crippen LogP contribution is 2.38. The van der Waals surface area contributed by atoms with Crippen LogP contribution in [0.4, 0.5) is 0 Å². The van der Waals surface area contributed by atoms with E-state index in [1.807, 2.05) is 55.5 Å². The third-order valence-electron chi connectivity index (χ3n) is 4.25. The van der Waals surface area contributed by atoms with E-state index >= 15 is 0 Å². The Morgan fingerprint density at radius 1 is 1.00 bits per heavy atom. The van der Waals surface area contributed by atoms with Crippen molar-refractivity contribution in [3.05, 3.63) is 65.9 Å². The summed E-state index contributed by atoms with van der Waals surface area (Å²) in [4.78, 5) is 12.9. The van der Waals surface area contributed by atoms with Gasteiger partial charge < -0.3 is 4.74 Å². The summed E-state index contributed by atoms with van der Waals surface area (Å²) in [6.07, 6.45) is 0. The molecule has 0 fully saturated rings. The van der Waals surface area contributed by atoms with Crippen LogP contribution in [0.25, 0.3) is 22.0 Å². The summed E-state index contributed by atoms with van der Waals surface area (Å²) in [6.45, 7) is 2.00. The minimum atomic E-state index is 0.0296. The molecule has 0 bridgehead atoms. The van der Waals surface area contributed by atoms with Gasteiger partial charge in [-0.3, -0.25) is 9.36 Å². The van der Waals surface area contributed by atoms with Crippen molar-refractivity contribution in [3.8, 4) is 5.75 Å². The first-order valence-electron chi connectivity index (χ1n) is 7.21. The number of aromatic nitrogens is 1. The van der Waals surface area contributed by atoms with E-state index < -0.39 is 0 Å². The number of hydrogen-bond donors (Lipinski definition) is 0. The molecule has 1 aliphatic heterocycles. The Balaban J connectivity index is 1.94. The molecule has 0 saturated heterocycles. The maximum Gasteiger partial charge on any atom is 0.263 e. The van der Waals surface area contributed by atoms with Crippen LogP contribution in [0, 0.1) is 0 Å². The van der Waals surface area contributed by atoms with Gasteiger partial charge in [-0.15, -0.1) is 0 Å². The fraction of sp³-hybridized carbons (Fsp3) is 0.105. The molecule has 3 aromatic rings. The summed E-state index contributed by atoms with van der Waals surface area (Å²) < 4.78 is 7.08. The van der Waals surface area contributed by atoms with Gasteiger partial charge in [0.05, 0.1) is 23.9 Å². The second-order valence-electron chi connectivity index (χ2n) is 5.46. The first-order chi connectivity index (χ1) is 10.7. The predicted molar refractivity (Wildman–Crippen MR) is 88.0 cm³/mol. The molecule has 0 spiro atoms. The van der Waals surface area contributed by atoms with Crippen molar-refractivity contribution >= 4 is 28.0 Å². The van der Waals surface area contributed by atoms with Crippen molar-refractivity contribution in [2.75, 3.05) is 7.11 Å². The van der Waals surface area contributed by atoms with Crippen LogP contribution in [0.1, 0.15) is 23.0 Å². The molecule has 1 aliphatic rings. The summed E-state index contributed by atoms with van der Waals surface area (Å²) in [7, 11) is 1.63. The average molecular weight is 289 g/mol. The molecule has 4 rings (SSSR count). The molecule has 1 aromatic heterocycles. The van der Waals surface area contributed by atoms with Crippen molar-refractivity contribution in [1.82, 2.24) is 4.57 Å². The molecule has 0 amide bonds. The van der Waals surface area contributed by atoms with E-state index in [0.717, 1.165) is 39.1 Å². The van der Waals surface area contributed by atoms with E-state index in [1.165, 1.54) is 0 Å². The van der Waals surface area contributed by atoms with E-state index in [4.69, 9.17) is 4.74 Å². The van der Waals surface area contributed by atoms with Crippen LogP contribution < -0.4 is 4.74 Å². The molecule has 3 heteroatoms. The van der Waals surface area contributed by atoms with Crippen LogP contribution in [-0.4, -0.2) is 17.6 Å². The Hall–Kier alpha value is -2.81. The van der Waals surface area contributed by atoms with Crippen molar-refractivity contribution < 1.29 is 9.53 Å². The molecule has 0 atom stereocenters. The Morgan fingerprint density at radius 2 is 1.82 bits per heavy atom. The van der Waals surface area contributed by atoms with Crippen LogP contribution in [0.5, 0.6) is 5.75 Å². The molecular formula is C19H15NO2. The smallest absolute Gasteiger partial charge is 0.263 e. The molecule has 0 N–H and O–H groups in total.